The molecule has 7 nitrogen and oxygen atoms in total. The van der Waals surface area contributed by atoms with Crippen LogP contribution in [0.3, 0.4) is 0 Å². The molecular formula is C25H23FN2O5. The maximum Gasteiger partial charge on any atom is 0.268 e. The normalized spacial score (nSPS) is 10.5. The molecular weight excluding hydrogens is 427 g/mol. The number of halogens is 1. The summed E-state index contributed by atoms with van der Waals surface area (Å²) in [6, 6.07) is 15.8. The van der Waals surface area contributed by atoms with Gasteiger partial charge in [-0.15, -0.1) is 0 Å². The molecule has 0 aliphatic carbocycles. The van der Waals surface area contributed by atoms with E-state index >= 15 is 0 Å². The summed E-state index contributed by atoms with van der Waals surface area (Å²) in [6.07, 6.45) is 1.89. The Balaban J connectivity index is 1.81. The van der Waals surface area contributed by atoms with Crippen LogP contribution in [0.2, 0.25) is 0 Å². The summed E-state index contributed by atoms with van der Waals surface area (Å²) < 4.78 is 31.5. The number of carbonyl (C=O) groups is 1. The maximum atomic E-state index is 14.0. The first-order valence-corrected chi connectivity index (χ1v) is 10.3. The third-order valence-electron chi connectivity index (χ3n) is 4.76. The smallest absolute Gasteiger partial charge is 0.268 e. The highest BCUT2D eigenvalue weighted by Crippen LogP contribution is 2.23. The molecule has 0 amide bonds. The second kappa shape index (κ2) is 11.6. The fourth-order valence-electron chi connectivity index (χ4n) is 3.17. The van der Waals surface area contributed by atoms with Gasteiger partial charge in [-0.2, -0.15) is 5.26 Å². The Morgan fingerprint density at radius 3 is 2.55 bits per heavy atom. The summed E-state index contributed by atoms with van der Waals surface area (Å²) in [5, 5.41) is 9.33. The number of nitrogens with zero attached hydrogens (tertiary/aromatic N) is 2. The van der Waals surface area contributed by atoms with Gasteiger partial charge in [0.2, 0.25) is 0 Å². The lowest BCUT2D eigenvalue weighted by Crippen LogP contribution is -2.24. The zero-order chi connectivity index (χ0) is 23.6. The largest absolute Gasteiger partial charge is 0.490 e. The molecule has 0 aliphatic rings. The van der Waals surface area contributed by atoms with E-state index in [0.717, 1.165) is 6.07 Å². The molecule has 0 saturated heterocycles. The quantitative estimate of drug-likeness (QED) is 0.328. The number of hydrogen-bond acceptors (Lipinski definition) is 6. The fourth-order valence-corrected chi connectivity index (χ4v) is 3.17. The van der Waals surface area contributed by atoms with Gasteiger partial charge in [-0.25, -0.2) is 4.39 Å². The van der Waals surface area contributed by atoms with Crippen LogP contribution < -0.4 is 15.0 Å². The van der Waals surface area contributed by atoms with Crippen molar-refractivity contribution in [1.82, 2.24) is 4.57 Å². The van der Waals surface area contributed by atoms with Crippen molar-refractivity contribution in [3.63, 3.8) is 0 Å². The number of pyridine rings is 1. The van der Waals surface area contributed by atoms with Gasteiger partial charge in [0.1, 0.15) is 42.2 Å². The van der Waals surface area contributed by atoms with Crippen LogP contribution >= 0.6 is 0 Å². The first-order chi connectivity index (χ1) is 16.0. The highest BCUT2D eigenvalue weighted by molar-refractivity contribution is 6.10. The summed E-state index contributed by atoms with van der Waals surface area (Å²) in [5.41, 5.74) is -0.604. The van der Waals surface area contributed by atoms with Crippen LogP contribution in [0.25, 0.3) is 0 Å². The van der Waals surface area contributed by atoms with Crippen LogP contribution in [0, 0.1) is 17.1 Å². The summed E-state index contributed by atoms with van der Waals surface area (Å²) in [6.45, 7) is 1.03. The number of hydrogen-bond donors (Lipinski definition) is 0. The predicted octanol–water partition coefficient (Wildman–Crippen LogP) is 3.58. The molecule has 1 aromatic heterocycles. The second-order valence-corrected chi connectivity index (χ2v) is 7.08. The first-order valence-electron chi connectivity index (χ1n) is 10.3. The van der Waals surface area contributed by atoms with Crippen molar-refractivity contribution in [2.45, 2.75) is 13.0 Å². The van der Waals surface area contributed by atoms with Gasteiger partial charge in [0, 0.05) is 32.0 Å². The lowest BCUT2D eigenvalue weighted by Gasteiger charge is -2.13. The van der Waals surface area contributed by atoms with Crippen LogP contribution in [0.4, 0.5) is 4.39 Å². The van der Waals surface area contributed by atoms with E-state index in [1.54, 1.807) is 19.2 Å². The van der Waals surface area contributed by atoms with E-state index in [1.807, 2.05) is 24.3 Å². The lowest BCUT2D eigenvalue weighted by molar-refractivity contribution is 0.103. The number of ether oxygens (including phenoxy) is 3. The molecule has 3 rings (SSSR count). The van der Waals surface area contributed by atoms with Gasteiger partial charge in [-0.1, -0.05) is 18.2 Å². The molecule has 0 unspecified atom stereocenters. The Labute approximate surface area is 190 Å². The highest BCUT2D eigenvalue weighted by Gasteiger charge is 2.19. The van der Waals surface area contributed by atoms with Gasteiger partial charge in [0.15, 0.2) is 5.78 Å². The molecule has 1 heterocycles. The summed E-state index contributed by atoms with van der Waals surface area (Å²) in [7, 11) is 1.54. The topological polar surface area (TPSA) is 90.5 Å². The maximum absolute atomic E-state index is 14.0. The van der Waals surface area contributed by atoms with Crippen molar-refractivity contribution < 1.29 is 23.4 Å². The SMILES string of the molecule is COCCCn1cc(C(=O)c2cc(F)ccc2OCCOc2ccccc2)cc(C#N)c1=O. The average molecular weight is 450 g/mol. The molecule has 0 atom stereocenters. The number of benzene rings is 2. The minimum absolute atomic E-state index is 0.0132. The van der Waals surface area contributed by atoms with Crippen molar-refractivity contribution in [2.24, 2.45) is 0 Å². The molecule has 2 aromatic carbocycles. The van der Waals surface area contributed by atoms with Crippen molar-refractivity contribution in [1.29, 1.82) is 5.26 Å². The van der Waals surface area contributed by atoms with E-state index in [9.17, 15) is 19.2 Å². The van der Waals surface area contributed by atoms with Crippen LogP contribution in [0.15, 0.2) is 65.6 Å². The molecule has 0 aliphatic heterocycles. The number of nitriles is 1. The monoisotopic (exact) mass is 450 g/mol. The van der Waals surface area contributed by atoms with Gasteiger partial charge in [0.05, 0.1) is 5.56 Å². The first kappa shape index (κ1) is 23.7. The van der Waals surface area contributed by atoms with Crippen LogP contribution in [0.5, 0.6) is 11.5 Å². The van der Waals surface area contributed by atoms with Crippen molar-refractivity contribution in [3.8, 4) is 17.6 Å². The summed E-state index contributed by atoms with van der Waals surface area (Å²) >= 11 is 0. The number of carbonyl (C=O) groups excluding carboxylic acids is 1. The Morgan fingerprint density at radius 1 is 1.06 bits per heavy atom. The molecule has 33 heavy (non-hydrogen) atoms. The van der Waals surface area contributed by atoms with E-state index in [2.05, 4.69) is 0 Å². The Hall–Kier alpha value is -3.96. The molecule has 0 saturated carbocycles. The molecule has 0 radical (unpaired) electrons. The number of aryl methyl sites for hydroxylation is 1. The van der Waals surface area contributed by atoms with E-state index in [0.29, 0.717) is 18.8 Å². The lowest BCUT2D eigenvalue weighted by atomic mass is 10.0. The van der Waals surface area contributed by atoms with Gasteiger partial charge >= 0.3 is 0 Å². The van der Waals surface area contributed by atoms with E-state index in [4.69, 9.17) is 14.2 Å². The third-order valence-corrected chi connectivity index (χ3v) is 4.76. The molecule has 3 aromatic rings. The van der Waals surface area contributed by atoms with Gasteiger partial charge in [-0.3, -0.25) is 9.59 Å². The Morgan fingerprint density at radius 2 is 1.82 bits per heavy atom. The van der Waals surface area contributed by atoms with E-state index in [1.165, 1.54) is 29.0 Å². The molecule has 0 N–H and O–H groups in total. The Bertz CT molecular complexity index is 1200. The third kappa shape index (κ3) is 6.28. The summed E-state index contributed by atoms with van der Waals surface area (Å²) in [5.74, 6) is -0.324. The van der Waals surface area contributed by atoms with E-state index < -0.39 is 17.2 Å². The standard InChI is InChI=1S/C25H23FN2O5/c1-31-11-5-10-28-17-19(14-18(16-27)25(28)30)24(29)22-15-20(26)8-9-23(22)33-13-12-32-21-6-3-2-4-7-21/h2-4,6-9,14-15,17H,5,10-13H2,1H3. The van der Waals surface area contributed by atoms with Crippen molar-refractivity contribution >= 4 is 5.78 Å². The zero-order valence-electron chi connectivity index (χ0n) is 18.1. The van der Waals surface area contributed by atoms with Gasteiger partial charge in [-0.05, 0) is 42.8 Å². The minimum Gasteiger partial charge on any atom is -0.490 e. The van der Waals surface area contributed by atoms with E-state index in [-0.39, 0.29) is 42.2 Å². The number of para-hydroxylation sites is 1. The second-order valence-electron chi connectivity index (χ2n) is 7.08. The van der Waals surface area contributed by atoms with Crippen LogP contribution in [0.1, 0.15) is 27.9 Å². The Kier molecular flexibility index (Phi) is 8.33. The van der Waals surface area contributed by atoms with Crippen molar-refractivity contribution in [2.75, 3.05) is 26.9 Å². The predicted molar refractivity (Wildman–Crippen MR) is 119 cm³/mol. The zero-order valence-corrected chi connectivity index (χ0v) is 18.1. The van der Waals surface area contributed by atoms with Crippen LogP contribution in [-0.4, -0.2) is 37.3 Å². The molecule has 0 bridgehead atoms. The van der Waals surface area contributed by atoms with Gasteiger partial charge < -0.3 is 18.8 Å². The number of ketones is 1. The van der Waals surface area contributed by atoms with Crippen LogP contribution in [-0.2, 0) is 11.3 Å². The number of rotatable bonds is 11. The summed E-state index contributed by atoms with van der Waals surface area (Å²) in [4.78, 5) is 25.6. The highest BCUT2D eigenvalue weighted by atomic mass is 19.1. The molecule has 8 heteroatoms. The average Bonchev–Trinajstić information content (AvgIpc) is 2.84. The van der Waals surface area contributed by atoms with Gasteiger partial charge in [0.25, 0.3) is 5.56 Å². The number of methoxy groups -OCH3 is 1. The molecule has 0 spiro atoms. The molecule has 170 valence electrons. The van der Waals surface area contributed by atoms with Crippen molar-refractivity contribution in [3.05, 3.63) is 93.7 Å². The molecule has 0 fully saturated rings. The minimum atomic E-state index is -0.611. The fraction of sp³-hybridized carbons (Fsp3) is 0.240. The number of aromatic nitrogens is 1.